The lowest BCUT2D eigenvalue weighted by Crippen LogP contribution is -2.25. The normalized spacial score (nSPS) is 9.50. The van der Waals surface area contributed by atoms with Crippen LogP contribution >= 0.6 is 0 Å². The number of carbonyl (C=O) groups is 1. The van der Waals surface area contributed by atoms with Gasteiger partial charge in [0.1, 0.15) is 0 Å². The molecule has 0 unspecified atom stereocenters. The number of rotatable bonds is 6. The van der Waals surface area contributed by atoms with Gasteiger partial charge in [0.2, 0.25) is 15.7 Å². The predicted octanol–water partition coefficient (Wildman–Crippen LogP) is 0.705. The van der Waals surface area contributed by atoms with E-state index in [1.54, 1.807) is 19.1 Å². The zero-order chi connectivity index (χ0) is 9.40. The first-order valence-electron chi connectivity index (χ1n) is 3.85. The summed E-state index contributed by atoms with van der Waals surface area (Å²) in [5, 5.41) is 0. The molecule has 0 N–H and O–H groups in total. The van der Waals surface area contributed by atoms with Crippen LogP contribution in [0.25, 0.3) is 0 Å². The first kappa shape index (κ1) is 11.4. The summed E-state index contributed by atoms with van der Waals surface area (Å²) in [5.74, 6) is -0.0178. The van der Waals surface area contributed by atoms with E-state index in [2.05, 4.69) is 6.58 Å². The van der Waals surface area contributed by atoms with Gasteiger partial charge >= 0.3 is 0 Å². The average Bonchev–Trinajstić information content (AvgIpc) is 2.10. The second-order valence-corrected chi connectivity index (χ2v) is 3.61. The second-order valence-electron chi connectivity index (χ2n) is 2.42. The van der Waals surface area contributed by atoms with Crippen LogP contribution in [0.2, 0.25) is 6.04 Å². The van der Waals surface area contributed by atoms with Gasteiger partial charge in [0, 0.05) is 20.7 Å². The molecule has 0 atom stereocenters. The van der Waals surface area contributed by atoms with Crippen molar-refractivity contribution in [1.82, 2.24) is 4.90 Å². The fourth-order valence-corrected chi connectivity index (χ4v) is 1.26. The van der Waals surface area contributed by atoms with Gasteiger partial charge in [0.25, 0.3) is 0 Å². The van der Waals surface area contributed by atoms with Crippen molar-refractivity contribution in [2.75, 3.05) is 20.7 Å². The third-order valence-electron chi connectivity index (χ3n) is 1.47. The van der Waals surface area contributed by atoms with Gasteiger partial charge in [-0.1, -0.05) is 6.58 Å². The Balaban J connectivity index is 3.37. The number of amides is 1. The van der Waals surface area contributed by atoms with Gasteiger partial charge in [-0.3, -0.25) is 4.79 Å². The van der Waals surface area contributed by atoms with E-state index in [0.29, 0.717) is 9.76 Å². The molecule has 4 heteroatoms. The van der Waals surface area contributed by atoms with Crippen LogP contribution < -0.4 is 0 Å². The molecule has 3 nitrogen and oxygen atoms in total. The highest BCUT2D eigenvalue weighted by Gasteiger charge is 2.02. The Bertz CT molecular complexity index is 150. The van der Waals surface area contributed by atoms with Crippen LogP contribution in [0.4, 0.5) is 0 Å². The quantitative estimate of drug-likeness (QED) is 0.346. The number of hydrogen-bond donors (Lipinski definition) is 0. The van der Waals surface area contributed by atoms with Crippen LogP contribution in [0.5, 0.6) is 0 Å². The maximum Gasteiger partial charge on any atom is 0.245 e. The molecule has 1 amide bonds. The fraction of sp³-hybridized carbons (Fsp3) is 0.625. The molecule has 2 radical (unpaired) electrons. The molecule has 68 valence electrons. The van der Waals surface area contributed by atoms with E-state index >= 15 is 0 Å². The maximum atomic E-state index is 11.0. The molecule has 0 aliphatic heterocycles. The summed E-state index contributed by atoms with van der Waals surface area (Å²) in [6.07, 6.45) is 2.32. The summed E-state index contributed by atoms with van der Waals surface area (Å²) in [6, 6.07) is 1.02. The SMILES string of the molecule is C=CC(=O)N(C)CCC[Si]OC. The van der Waals surface area contributed by atoms with Gasteiger partial charge in [-0.15, -0.1) is 0 Å². The van der Waals surface area contributed by atoms with Crippen LogP contribution in [0, 0.1) is 0 Å². The van der Waals surface area contributed by atoms with Gasteiger partial charge in [-0.05, 0) is 18.5 Å². The zero-order valence-corrected chi connectivity index (χ0v) is 8.67. The van der Waals surface area contributed by atoms with E-state index in [-0.39, 0.29) is 5.91 Å². The van der Waals surface area contributed by atoms with Crippen LogP contribution in [0.1, 0.15) is 6.42 Å². The molecule has 0 saturated carbocycles. The maximum absolute atomic E-state index is 11.0. The van der Waals surface area contributed by atoms with Crippen LogP contribution in [-0.2, 0) is 9.22 Å². The Morgan fingerprint density at radius 3 is 2.92 bits per heavy atom. The molecule has 0 rings (SSSR count). The van der Waals surface area contributed by atoms with Gasteiger partial charge < -0.3 is 9.33 Å². The number of nitrogens with zero attached hydrogens (tertiary/aromatic N) is 1. The van der Waals surface area contributed by atoms with Gasteiger partial charge in [0.15, 0.2) is 0 Å². The zero-order valence-electron chi connectivity index (χ0n) is 7.67. The van der Waals surface area contributed by atoms with E-state index in [0.717, 1.165) is 19.0 Å². The molecular weight excluding hydrogens is 170 g/mol. The van der Waals surface area contributed by atoms with Crippen molar-refractivity contribution in [3.63, 3.8) is 0 Å². The molecule has 0 bridgehead atoms. The van der Waals surface area contributed by atoms with Crippen molar-refractivity contribution in [2.45, 2.75) is 12.5 Å². The smallest absolute Gasteiger partial charge is 0.245 e. The monoisotopic (exact) mass is 185 g/mol. The minimum absolute atomic E-state index is 0.0178. The lowest BCUT2D eigenvalue weighted by molar-refractivity contribution is -0.124. The van der Waals surface area contributed by atoms with Crippen LogP contribution in [-0.4, -0.2) is 41.3 Å². The van der Waals surface area contributed by atoms with Crippen molar-refractivity contribution < 1.29 is 9.22 Å². The molecule has 0 aliphatic rings. The topological polar surface area (TPSA) is 29.5 Å². The average molecular weight is 185 g/mol. The van der Waals surface area contributed by atoms with Crippen molar-refractivity contribution in [3.8, 4) is 0 Å². The molecule has 0 saturated heterocycles. The molecule has 0 spiro atoms. The number of likely N-dealkylation sites (N-methyl/N-ethyl adjacent to an activating group) is 1. The fourth-order valence-electron chi connectivity index (χ4n) is 0.756. The van der Waals surface area contributed by atoms with Crippen molar-refractivity contribution in [3.05, 3.63) is 12.7 Å². The third kappa shape index (κ3) is 5.09. The lowest BCUT2D eigenvalue weighted by atomic mass is 10.4. The van der Waals surface area contributed by atoms with E-state index in [4.69, 9.17) is 4.43 Å². The van der Waals surface area contributed by atoms with E-state index < -0.39 is 0 Å². The van der Waals surface area contributed by atoms with E-state index in [1.807, 2.05) is 0 Å². The largest absolute Gasteiger partial charge is 0.421 e. The molecule has 0 aromatic carbocycles. The summed E-state index contributed by atoms with van der Waals surface area (Å²) in [7, 11) is 4.01. The van der Waals surface area contributed by atoms with Crippen molar-refractivity contribution in [2.24, 2.45) is 0 Å². The standard InChI is InChI=1S/C8H15NO2Si/c1-4-8(10)9(2)6-5-7-12-11-3/h4H,1,5-7H2,2-3H3. The molecule has 0 aliphatic carbocycles. The highest BCUT2D eigenvalue weighted by molar-refractivity contribution is 6.26. The molecule has 0 aromatic heterocycles. The highest BCUT2D eigenvalue weighted by atomic mass is 28.2. The first-order valence-corrected chi connectivity index (χ1v) is 4.97. The van der Waals surface area contributed by atoms with E-state index in [9.17, 15) is 4.79 Å². The lowest BCUT2D eigenvalue weighted by Gasteiger charge is -2.13. The number of hydrogen-bond acceptors (Lipinski definition) is 2. The van der Waals surface area contributed by atoms with Crippen molar-refractivity contribution in [1.29, 1.82) is 0 Å². The Kier molecular flexibility index (Phi) is 6.70. The summed E-state index contributed by atoms with van der Waals surface area (Å²) in [5.41, 5.74) is 0. The Labute approximate surface area is 76.3 Å². The molecule has 0 heterocycles. The highest BCUT2D eigenvalue weighted by Crippen LogP contribution is 1.93. The van der Waals surface area contributed by atoms with Gasteiger partial charge in [0.05, 0.1) is 0 Å². The second kappa shape index (κ2) is 7.06. The molecule has 12 heavy (non-hydrogen) atoms. The van der Waals surface area contributed by atoms with Crippen LogP contribution in [0.15, 0.2) is 12.7 Å². The summed E-state index contributed by atoms with van der Waals surface area (Å²) >= 11 is 0. The summed E-state index contributed by atoms with van der Waals surface area (Å²) in [6.45, 7) is 4.19. The molecule has 0 fully saturated rings. The van der Waals surface area contributed by atoms with Crippen molar-refractivity contribution >= 4 is 15.7 Å². The Morgan fingerprint density at radius 2 is 2.42 bits per heavy atom. The minimum Gasteiger partial charge on any atom is -0.421 e. The number of carbonyl (C=O) groups excluding carboxylic acids is 1. The Hall–Kier alpha value is -0.613. The predicted molar refractivity (Wildman–Crippen MR) is 50.0 cm³/mol. The minimum atomic E-state index is -0.0178. The van der Waals surface area contributed by atoms with Gasteiger partial charge in [-0.2, -0.15) is 0 Å². The summed E-state index contributed by atoms with van der Waals surface area (Å²) < 4.78 is 4.91. The summed E-state index contributed by atoms with van der Waals surface area (Å²) in [4.78, 5) is 12.6. The first-order chi connectivity index (χ1) is 5.72. The van der Waals surface area contributed by atoms with Gasteiger partial charge in [-0.25, -0.2) is 0 Å². The van der Waals surface area contributed by atoms with E-state index in [1.165, 1.54) is 6.08 Å². The third-order valence-corrected chi connectivity index (χ3v) is 2.31. The molecule has 0 aromatic rings. The Morgan fingerprint density at radius 1 is 1.75 bits per heavy atom. The van der Waals surface area contributed by atoms with Crippen LogP contribution in [0.3, 0.4) is 0 Å². The molecular formula is C8H15NO2Si.